The Morgan fingerprint density at radius 3 is 2.68 bits per heavy atom. The fraction of sp³-hybridized carbons (Fsp3) is 0.133. The van der Waals surface area contributed by atoms with E-state index in [-0.39, 0.29) is 13.2 Å². The first kappa shape index (κ1) is 13.9. The number of imide groups is 1. The average molecular weight is 299 g/mol. The minimum Gasteiger partial charge on any atom is -0.484 e. The van der Waals surface area contributed by atoms with Gasteiger partial charge in [-0.1, -0.05) is 30.3 Å². The molecular weight excluding hydrogens is 286 g/mol. The van der Waals surface area contributed by atoms with Crippen molar-refractivity contribution in [3.8, 4) is 5.75 Å². The van der Waals surface area contributed by atoms with Crippen molar-refractivity contribution < 1.29 is 19.1 Å². The predicted molar refractivity (Wildman–Crippen MR) is 77.8 cm³/mol. The zero-order valence-electron chi connectivity index (χ0n) is 11.5. The highest BCUT2D eigenvalue weighted by atomic mass is 16.5. The van der Waals surface area contributed by atoms with Gasteiger partial charge in [-0.25, -0.2) is 9.80 Å². The summed E-state index contributed by atoms with van der Waals surface area (Å²) < 4.78 is 5.39. The number of hydrazine groups is 1. The first-order chi connectivity index (χ1) is 10.6. The van der Waals surface area contributed by atoms with Crippen LogP contribution in [-0.2, 0) is 9.59 Å². The summed E-state index contributed by atoms with van der Waals surface area (Å²) in [4.78, 5) is 34.0. The second kappa shape index (κ2) is 5.72. The van der Waals surface area contributed by atoms with Gasteiger partial charge < -0.3 is 4.74 Å². The molecule has 0 radical (unpaired) electrons. The SMILES string of the molecule is O=C1CN(NC(=O)COc2ccc3ccccc3c2)C(=O)N1. The van der Waals surface area contributed by atoms with Gasteiger partial charge >= 0.3 is 6.03 Å². The highest BCUT2D eigenvalue weighted by Crippen LogP contribution is 2.20. The maximum absolute atomic E-state index is 11.7. The first-order valence-electron chi connectivity index (χ1n) is 6.64. The zero-order valence-corrected chi connectivity index (χ0v) is 11.5. The molecule has 0 aromatic heterocycles. The molecule has 7 heteroatoms. The average Bonchev–Trinajstić information content (AvgIpc) is 2.82. The molecule has 2 aromatic carbocycles. The number of fused-ring (bicyclic) bond motifs is 1. The zero-order chi connectivity index (χ0) is 15.5. The Labute approximate surface area is 125 Å². The van der Waals surface area contributed by atoms with E-state index in [1.165, 1.54) is 0 Å². The molecule has 0 unspecified atom stereocenters. The molecule has 1 fully saturated rings. The number of carbonyl (C=O) groups excluding carboxylic acids is 3. The number of amides is 4. The van der Waals surface area contributed by atoms with E-state index in [2.05, 4.69) is 10.7 Å². The van der Waals surface area contributed by atoms with Crippen LogP contribution < -0.4 is 15.5 Å². The molecule has 0 saturated carbocycles. The molecule has 1 saturated heterocycles. The van der Waals surface area contributed by atoms with Crippen LogP contribution in [0, 0.1) is 0 Å². The normalized spacial score (nSPS) is 14.1. The van der Waals surface area contributed by atoms with E-state index in [1.54, 1.807) is 6.07 Å². The van der Waals surface area contributed by atoms with Crippen LogP contribution in [0.15, 0.2) is 42.5 Å². The van der Waals surface area contributed by atoms with Crippen molar-refractivity contribution in [1.29, 1.82) is 0 Å². The van der Waals surface area contributed by atoms with E-state index in [0.29, 0.717) is 5.75 Å². The van der Waals surface area contributed by atoms with E-state index in [0.717, 1.165) is 15.8 Å². The van der Waals surface area contributed by atoms with Crippen molar-refractivity contribution in [1.82, 2.24) is 15.8 Å². The maximum Gasteiger partial charge on any atom is 0.343 e. The van der Waals surface area contributed by atoms with Crippen LogP contribution in [0.4, 0.5) is 4.79 Å². The van der Waals surface area contributed by atoms with Gasteiger partial charge in [-0.3, -0.25) is 20.3 Å². The largest absolute Gasteiger partial charge is 0.484 e. The Kier molecular flexibility index (Phi) is 3.61. The van der Waals surface area contributed by atoms with Crippen LogP contribution in [0.2, 0.25) is 0 Å². The number of benzene rings is 2. The summed E-state index contributed by atoms with van der Waals surface area (Å²) in [5.74, 6) is -0.422. The summed E-state index contributed by atoms with van der Waals surface area (Å²) >= 11 is 0. The van der Waals surface area contributed by atoms with E-state index in [9.17, 15) is 14.4 Å². The van der Waals surface area contributed by atoms with Crippen LogP contribution in [0.25, 0.3) is 10.8 Å². The van der Waals surface area contributed by atoms with E-state index in [1.807, 2.05) is 36.4 Å². The monoisotopic (exact) mass is 299 g/mol. The van der Waals surface area contributed by atoms with Gasteiger partial charge in [-0.05, 0) is 22.9 Å². The lowest BCUT2D eigenvalue weighted by Gasteiger charge is -2.14. The Morgan fingerprint density at radius 2 is 1.95 bits per heavy atom. The second-order valence-electron chi connectivity index (χ2n) is 4.77. The van der Waals surface area contributed by atoms with Crippen molar-refractivity contribution in [2.24, 2.45) is 0 Å². The number of ether oxygens (including phenoxy) is 1. The van der Waals surface area contributed by atoms with Crippen molar-refractivity contribution in [3.63, 3.8) is 0 Å². The number of nitrogens with one attached hydrogen (secondary N) is 2. The fourth-order valence-electron chi connectivity index (χ4n) is 2.12. The predicted octanol–water partition coefficient (Wildman–Crippen LogP) is 0.802. The van der Waals surface area contributed by atoms with Gasteiger partial charge in [0.1, 0.15) is 12.3 Å². The van der Waals surface area contributed by atoms with Gasteiger partial charge in [0, 0.05) is 0 Å². The van der Waals surface area contributed by atoms with Crippen LogP contribution in [-0.4, -0.2) is 36.0 Å². The molecule has 3 rings (SSSR count). The van der Waals surface area contributed by atoms with E-state index in [4.69, 9.17) is 4.74 Å². The molecule has 1 heterocycles. The van der Waals surface area contributed by atoms with Crippen molar-refractivity contribution in [3.05, 3.63) is 42.5 Å². The van der Waals surface area contributed by atoms with Crippen molar-refractivity contribution >= 4 is 28.6 Å². The third kappa shape index (κ3) is 2.98. The lowest BCUT2D eigenvalue weighted by atomic mass is 10.1. The standard InChI is InChI=1S/C15H13N3O4/c19-13-8-18(15(21)16-13)17-14(20)9-22-12-6-5-10-3-1-2-4-11(10)7-12/h1-7H,8-9H2,(H,17,20)(H,16,19,21). The van der Waals surface area contributed by atoms with Crippen LogP contribution in [0.5, 0.6) is 5.75 Å². The molecule has 22 heavy (non-hydrogen) atoms. The highest BCUT2D eigenvalue weighted by Gasteiger charge is 2.28. The summed E-state index contributed by atoms with van der Waals surface area (Å²) in [6, 6.07) is 12.6. The number of rotatable bonds is 4. The Hall–Kier alpha value is -3.09. The Bertz CT molecular complexity index is 759. The van der Waals surface area contributed by atoms with Gasteiger partial charge in [-0.15, -0.1) is 0 Å². The van der Waals surface area contributed by atoms with Gasteiger partial charge in [-0.2, -0.15) is 0 Å². The molecule has 2 N–H and O–H groups in total. The minimum absolute atomic E-state index is 0.194. The number of carbonyl (C=O) groups is 3. The molecule has 0 spiro atoms. The molecule has 4 amide bonds. The summed E-state index contributed by atoms with van der Waals surface area (Å²) in [6.45, 7) is -0.448. The van der Waals surface area contributed by atoms with Crippen molar-refractivity contribution in [2.45, 2.75) is 0 Å². The lowest BCUT2D eigenvalue weighted by molar-refractivity contribution is -0.127. The van der Waals surface area contributed by atoms with Crippen LogP contribution in [0.3, 0.4) is 0 Å². The van der Waals surface area contributed by atoms with Gasteiger partial charge in [0.05, 0.1) is 0 Å². The third-order valence-corrected chi connectivity index (χ3v) is 3.14. The first-order valence-corrected chi connectivity index (χ1v) is 6.64. The number of nitrogens with zero attached hydrogens (tertiary/aromatic N) is 1. The topological polar surface area (TPSA) is 87.7 Å². The summed E-state index contributed by atoms with van der Waals surface area (Å²) in [5, 5.41) is 5.05. The lowest BCUT2D eigenvalue weighted by Crippen LogP contribution is -2.46. The Morgan fingerprint density at radius 1 is 1.18 bits per heavy atom. The van der Waals surface area contributed by atoms with E-state index < -0.39 is 17.8 Å². The molecule has 2 aromatic rings. The smallest absolute Gasteiger partial charge is 0.343 e. The summed E-state index contributed by atoms with van der Waals surface area (Å²) in [6.07, 6.45) is 0. The quantitative estimate of drug-likeness (QED) is 0.818. The summed E-state index contributed by atoms with van der Waals surface area (Å²) in [5.41, 5.74) is 2.30. The maximum atomic E-state index is 11.7. The fourth-order valence-corrected chi connectivity index (χ4v) is 2.12. The third-order valence-electron chi connectivity index (χ3n) is 3.14. The number of hydrogen-bond donors (Lipinski definition) is 2. The molecule has 7 nitrogen and oxygen atoms in total. The molecule has 112 valence electrons. The van der Waals surface area contributed by atoms with Gasteiger partial charge in [0.25, 0.3) is 5.91 Å². The molecule has 1 aliphatic rings. The van der Waals surface area contributed by atoms with Crippen LogP contribution >= 0.6 is 0 Å². The number of urea groups is 1. The highest BCUT2D eigenvalue weighted by molar-refractivity contribution is 6.02. The molecule has 1 aliphatic heterocycles. The minimum atomic E-state index is -0.649. The van der Waals surface area contributed by atoms with Gasteiger partial charge in [0.15, 0.2) is 6.61 Å². The van der Waals surface area contributed by atoms with Crippen molar-refractivity contribution in [2.75, 3.05) is 13.2 Å². The molecular formula is C15H13N3O4. The van der Waals surface area contributed by atoms with E-state index >= 15 is 0 Å². The second-order valence-corrected chi connectivity index (χ2v) is 4.77. The molecule has 0 bridgehead atoms. The summed E-state index contributed by atoms with van der Waals surface area (Å²) in [7, 11) is 0. The van der Waals surface area contributed by atoms with Crippen LogP contribution in [0.1, 0.15) is 0 Å². The Balaban J connectivity index is 1.58. The molecule has 0 aliphatic carbocycles. The van der Waals surface area contributed by atoms with Gasteiger partial charge in [0.2, 0.25) is 5.91 Å². The molecule has 0 atom stereocenters. The number of hydrogen-bond acceptors (Lipinski definition) is 4.